The molecule has 148 valence electrons. The van der Waals surface area contributed by atoms with E-state index in [0.717, 1.165) is 5.56 Å². The molecule has 0 saturated heterocycles. The Balaban J connectivity index is 0.000000337. The van der Waals surface area contributed by atoms with Crippen molar-refractivity contribution in [3.05, 3.63) is 58.9 Å². The second-order valence-electron chi connectivity index (χ2n) is 6.52. The standard InChI is InChI=1S/C12H15ClF3NO.C6H6N2O/c1-11(2,3)17-7-8-4-5-10(9(13)6-8)18-12(14,15)16;7-6(9)5-1-3-8-4-2-5/h4-6,17H,7H2,1-3H3;1-4H,(H2,7,9). The number of nitrogens with zero attached hydrogens (tertiary/aromatic N) is 1. The Hall–Kier alpha value is -2.32. The summed E-state index contributed by atoms with van der Waals surface area (Å²) in [6, 6.07) is 7.37. The largest absolute Gasteiger partial charge is 0.573 e. The Morgan fingerprint density at radius 3 is 2.19 bits per heavy atom. The van der Waals surface area contributed by atoms with Crippen molar-refractivity contribution in [3.8, 4) is 5.75 Å². The molecule has 0 saturated carbocycles. The molecule has 0 spiro atoms. The monoisotopic (exact) mass is 403 g/mol. The number of pyridine rings is 1. The van der Waals surface area contributed by atoms with Crippen LogP contribution in [-0.2, 0) is 6.54 Å². The van der Waals surface area contributed by atoms with Gasteiger partial charge in [0.1, 0.15) is 5.75 Å². The molecule has 5 nitrogen and oxygen atoms in total. The summed E-state index contributed by atoms with van der Waals surface area (Å²) in [7, 11) is 0. The Morgan fingerprint density at radius 2 is 1.78 bits per heavy atom. The second-order valence-corrected chi connectivity index (χ2v) is 6.92. The van der Waals surface area contributed by atoms with Crippen molar-refractivity contribution >= 4 is 17.5 Å². The Kier molecular flexibility index (Phi) is 8.05. The number of nitrogens with two attached hydrogens (primary N) is 1. The van der Waals surface area contributed by atoms with Crippen LogP contribution in [0.5, 0.6) is 5.75 Å². The van der Waals surface area contributed by atoms with Crippen LogP contribution in [0.15, 0.2) is 42.7 Å². The van der Waals surface area contributed by atoms with Crippen molar-refractivity contribution in [1.29, 1.82) is 0 Å². The van der Waals surface area contributed by atoms with Crippen molar-refractivity contribution in [2.75, 3.05) is 0 Å². The second kappa shape index (κ2) is 9.57. The molecular weight excluding hydrogens is 383 g/mol. The molecule has 1 heterocycles. The molecule has 9 heteroatoms. The molecule has 0 aliphatic heterocycles. The van der Waals surface area contributed by atoms with Gasteiger partial charge in [0.05, 0.1) is 5.02 Å². The molecule has 3 N–H and O–H groups in total. The van der Waals surface area contributed by atoms with E-state index in [1.807, 2.05) is 20.8 Å². The highest BCUT2D eigenvalue weighted by Gasteiger charge is 2.32. The van der Waals surface area contributed by atoms with Gasteiger partial charge in [-0.25, -0.2) is 0 Å². The maximum Gasteiger partial charge on any atom is 0.573 e. The van der Waals surface area contributed by atoms with E-state index in [2.05, 4.69) is 15.0 Å². The molecule has 0 fully saturated rings. The third-order valence-electron chi connectivity index (χ3n) is 3.01. The summed E-state index contributed by atoms with van der Waals surface area (Å²) in [6.07, 6.45) is -1.67. The smallest absolute Gasteiger partial charge is 0.404 e. The molecule has 0 aliphatic carbocycles. The van der Waals surface area contributed by atoms with Crippen LogP contribution in [0.25, 0.3) is 0 Å². The number of carbonyl (C=O) groups excluding carboxylic acids is 1. The maximum atomic E-state index is 12.0. The molecular formula is C18H21ClF3N3O2. The zero-order valence-corrected chi connectivity index (χ0v) is 15.9. The summed E-state index contributed by atoms with van der Waals surface area (Å²) in [6.45, 7) is 6.51. The van der Waals surface area contributed by atoms with Gasteiger partial charge < -0.3 is 15.8 Å². The van der Waals surface area contributed by atoms with Crippen LogP contribution >= 0.6 is 11.6 Å². The normalized spacial score (nSPS) is 11.4. The van der Waals surface area contributed by atoms with Crippen molar-refractivity contribution < 1.29 is 22.7 Å². The fourth-order valence-corrected chi connectivity index (χ4v) is 1.99. The number of alkyl halides is 3. The lowest BCUT2D eigenvalue weighted by molar-refractivity contribution is -0.274. The zero-order valence-electron chi connectivity index (χ0n) is 15.1. The van der Waals surface area contributed by atoms with E-state index in [1.165, 1.54) is 24.5 Å². The van der Waals surface area contributed by atoms with Crippen LogP contribution in [0.4, 0.5) is 13.2 Å². The lowest BCUT2D eigenvalue weighted by Crippen LogP contribution is -2.35. The van der Waals surface area contributed by atoms with E-state index in [-0.39, 0.29) is 16.3 Å². The van der Waals surface area contributed by atoms with Crippen molar-refractivity contribution in [3.63, 3.8) is 0 Å². The van der Waals surface area contributed by atoms with E-state index < -0.39 is 12.3 Å². The van der Waals surface area contributed by atoms with Gasteiger partial charge in [-0.2, -0.15) is 0 Å². The average molecular weight is 404 g/mol. The average Bonchev–Trinajstić information content (AvgIpc) is 2.55. The summed E-state index contributed by atoms with van der Waals surface area (Å²) in [5.41, 5.74) is 6.16. The van der Waals surface area contributed by atoms with Crippen LogP contribution in [0.3, 0.4) is 0 Å². The highest BCUT2D eigenvalue weighted by molar-refractivity contribution is 6.32. The molecule has 0 bridgehead atoms. The van der Waals surface area contributed by atoms with Gasteiger partial charge in [0.25, 0.3) is 0 Å². The Bertz CT molecular complexity index is 748. The molecule has 2 rings (SSSR count). The molecule has 1 aromatic heterocycles. The van der Waals surface area contributed by atoms with Crippen molar-refractivity contribution in [2.45, 2.75) is 39.2 Å². The first-order valence-electron chi connectivity index (χ1n) is 7.86. The molecule has 27 heavy (non-hydrogen) atoms. The first-order chi connectivity index (χ1) is 12.4. The summed E-state index contributed by atoms with van der Waals surface area (Å²) in [5, 5.41) is 3.16. The fraction of sp³-hybridized carbons (Fsp3) is 0.333. The third kappa shape index (κ3) is 9.81. The van der Waals surface area contributed by atoms with Gasteiger partial charge in [-0.1, -0.05) is 17.7 Å². The van der Waals surface area contributed by atoms with E-state index in [4.69, 9.17) is 17.3 Å². The number of primary amides is 1. The van der Waals surface area contributed by atoms with Gasteiger partial charge >= 0.3 is 6.36 Å². The number of benzene rings is 1. The molecule has 0 atom stereocenters. The first kappa shape index (κ1) is 22.7. The predicted octanol–water partition coefficient (Wildman–Crippen LogP) is 4.31. The SMILES string of the molecule is CC(C)(C)NCc1ccc(OC(F)(F)F)c(Cl)c1.NC(=O)c1ccncc1. The minimum atomic E-state index is -4.73. The number of halogens is 4. The molecule has 1 amide bonds. The lowest BCUT2D eigenvalue weighted by atomic mass is 10.1. The topological polar surface area (TPSA) is 77.2 Å². The molecule has 0 radical (unpaired) electrons. The minimum Gasteiger partial charge on any atom is -0.404 e. The molecule has 0 aliphatic rings. The summed E-state index contributed by atoms with van der Waals surface area (Å²) in [5.74, 6) is -0.805. The number of ether oxygens (including phenoxy) is 1. The highest BCUT2D eigenvalue weighted by atomic mass is 35.5. The zero-order chi connectivity index (χ0) is 20.7. The van der Waals surface area contributed by atoms with Crippen LogP contribution < -0.4 is 15.8 Å². The summed E-state index contributed by atoms with van der Waals surface area (Å²) in [4.78, 5) is 14.1. The van der Waals surface area contributed by atoms with E-state index in [1.54, 1.807) is 18.2 Å². The number of rotatable bonds is 4. The van der Waals surface area contributed by atoms with E-state index in [9.17, 15) is 18.0 Å². The number of hydrogen-bond donors (Lipinski definition) is 2. The molecule has 0 unspecified atom stereocenters. The van der Waals surface area contributed by atoms with Crippen LogP contribution in [-0.4, -0.2) is 22.8 Å². The Morgan fingerprint density at radius 1 is 1.19 bits per heavy atom. The van der Waals surface area contributed by atoms with Gasteiger partial charge in [-0.3, -0.25) is 9.78 Å². The fourth-order valence-electron chi connectivity index (χ4n) is 1.75. The summed E-state index contributed by atoms with van der Waals surface area (Å²) < 4.78 is 39.9. The van der Waals surface area contributed by atoms with Crippen LogP contribution in [0, 0.1) is 0 Å². The molecule has 1 aromatic carbocycles. The first-order valence-corrected chi connectivity index (χ1v) is 8.24. The number of hydrogen-bond acceptors (Lipinski definition) is 4. The van der Waals surface area contributed by atoms with Gasteiger partial charge in [-0.15, -0.1) is 13.2 Å². The summed E-state index contributed by atoms with van der Waals surface area (Å²) >= 11 is 5.73. The third-order valence-corrected chi connectivity index (χ3v) is 3.31. The van der Waals surface area contributed by atoms with Crippen molar-refractivity contribution in [2.24, 2.45) is 5.73 Å². The van der Waals surface area contributed by atoms with Gasteiger partial charge in [0.2, 0.25) is 5.91 Å². The lowest BCUT2D eigenvalue weighted by Gasteiger charge is -2.20. The van der Waals surface area contributed by atoms with E-state index >= 15 is 0 Å². The van der Waals surface area contributed by atoms with Crippen molar-refractivity contribution in [1.82, 2.24) is 10.3 Å². The van der Waals surface area contributed by atoms with Crippen LogP contribution in [0.2, 0.25) is 5.02 Å². The van der Waals surface area contributed by atoms with Gasteiger partial charge in [0.15, 0.2) is 0 Å². The quantitative estimate of drug-likeness (QED) is 0.797. The minimum absolute atomic E-state index is 0.0551. The predicted molar refractivity (Wildman–Crippen MR) is 97.5 cm³/mol. The van der Waals surface area contributed by atoms with Gasteiger partial charge in [0, 0.05) is 30.0 Å². The highest BCUT2D eigenvalue weighted by Crippen LogP contribution is 2.30. The van der Waals surface area contributed by atoms with Crippen LogP contribution in [0.1, 0.15) is 36.7 Å². The van der Waals surface area contributed by atoms with E-state index in [0.29, 0.717) is 12.1 Å². The maximum absolute atomic E-state index is 12.0. The number of amides is 1. The van der Waals surface area contributed by atoms with Gasteiger partial charge in [-0.05, 0) is 50.6 Å². The molecule has 2 aromatic rings. The number of nitrogens with one attached hydrogen (secondary N) is 1. The number of carbonyl (C=O) groups is 1. The Labute approximate surface area is 160 Å². The number of aromatic nitrogens is 1.